The van der Waals surface area contributed by atoms with Crippen LogP contribution in [0.25, 0.3) is 0 Å². The van der Waals surface area contributed by atoms with Crippen molar-refractivity contribution in [2.75, 3.05) is 13.6 Å². The smallest absolute Gasteiger partial charge is 0.0209 e. The van der Waals surface area contributed by atoms with E-state index in [0.29, 0.717) is 5.54 Å². The lowest BCUT2D eigenvalue weighted by molar-refractivity contribution is 0.0208. The van der Waals surface area contributed by atoms with Crippen LogP contribution < -0.4 is 0 Å². The minimum atomic E-state index is 0.621. The zero-order valence-corrected chi connectivity index (χ0v) is 9.18. The molecule has 0 amide bonds. The molecule has 2 aliphatic rings. The monoisotopic (exact) mass is 181 g/mol. The van der Waals surface area contributed by atoms with E-state index in [9.17, 15) is 0 Å². The van der Waals surface area contributed by atoms with Crippen molar-refractivity contribution in [3.63, 3.8) is 0 Å². The van der Waals surface area contributed by atoms with E-state index in [1.54, 1.807) is 0 Å². The zero-order valence-electron chi connectivity index (χ0n) is 9.18. The molecule has 1 saturated carbocycles. The molecule has 1 spiro atoms. The number of nitrogens with zero attached hydrogens (tertiary/aromatic N) is 1. The maximum Gasteiger partial charge on any atom is 0.0209 e. The van der Waals surface area contributed by atoms with E-state index in [1.165, 1.54) is 51.5 Å². The Balaban J connectivity index is 2.07. The molecule has 0 bridgehead atoms. The Morgan fingerprint density at radius 3 is 2.62 bits per heavy atom. The average molecular weight is 181 g/mol. The molecule has 0 radical (unpaired) electrons. The van der Waals surface area contributed by atoms with E-state index < -0.39 is 0 Å². The molecular formula is C12H23N. The van der Waals surface area contributed by atoms with E-state index in [1.807, 2.05) is 0 Å². The minimum absolute atomic E-state index is 0.621. The van der Waals surface area contributed by atoms with Gasteiger partial charge in [-0.15, -0.1) is 0 Å². The molecule has 2 fully saturated rings. The van der Waals surface area contributed by atoms with E-state index >= 15 is 0 Å². The fourth-order valence-corrected chi connectivity index (χ4v) is 3.44. The number of hydrogen-bond acceptors (Lipinski definition) is 1. The van der Waals surface area contributed by atoms with Crippen molar-refractivity contribution in [1.82, 2.24) is 4.90 Å². The lowest BCUT2D eigenvalue weighted by atomic mass is 9.71. The van der Waals surface area contributed by atoms with Gasteiger partial charge in [-0.3, -0.25) is 0 Å². The van der Waals surface area contributed by atoms with Crippen LogP contribution >= 0.6 is 0 Å². The van der Waals surface area contributed by atoms with Crippen LogP contribution in [0.5, 0.6) is 0 Å². The Bertz CT molecular complexity index is 174. The molecule has 2 unspecified atom stereocenters. The van der Waals surface area contributed by atoms with Gasteiger partial charge in [0.25, 0.3) is 0 Å². The molecule has 1 heteroatoms. The average Bonchev–Trinajstić information content (AvgIpc) is 2.11. The molecule has 1 saturated heterocycles. The lowest BCUT2D eigenvalue weighted by Crippen LogP contribution is -2.52. The van der Waals surface area contributed by atoms with E-state index in [0.717, 1.165) is 5.92 Å². The van der Waals surface area contributed by atoms with Crippen LogP contribution in [-0.4, -0.2) is 24.0 Å². The van der Waals surface area contributed by atoms with Gasteiger partial charge in [-0.05, 0) is 45.2 Å². The SMILES string of the molecule is CC1CCCC2(CCCCN2C)C1. The van der Waals surface area contributed by atoms with Gasteiger partial charge in [-0.2, -0.15) is 0 Å². The largest absolute Gasteiger partial charge is 0.301 e. The number of likely N-dealkylation sites (tertiary alicyclic amines) is 1. The summed E-state index contributed by atoms with van der Waals surface area (Å²) in [5.74, 6) is 0.967. The predicted molar refractivity (Wildman–Crippen MR) is 56.8 cm³/mol. The Morgan fingerprint density at radius 1 is 1.15 bits per heavy atom. The summed E-state index contributed by atoms with van der Waals surface area (Å²) in [6.45, 7) is 3.77. The van der Waals surface area contributed by atoms with Crippen LogP contribution in [0.3, 0.4) is 0 Å². The summed E-state index contributed by atoms with van der Waals surface area (Å²) in [6, 6.07) is 0. The molecule has 0 aromatic heterocycles. The second-order valence-corrected chi connectivity index (χ2v) is 5.30. The van der Waals surface area contributed by atoms with Crippen molar-refractivity contribution >= 4 is 0 Å². The molecular weight excluding hydrogens is 158 g/mol. The molecule has 1 nitrogen and oxygen atoms in total. The first kappa shape index (κ1) is 9.51. The maximum absolute atomic E-state index is 2.66. The molecule has 13 heavy (non-hydrogen) atoms. The van der Waals surface area contributed by atoms with Crippen molar-refractivity contribution in [2.45, 2.75) is 57.4 Å². The van der Waals surface area contributed by atoms with Crippen LogP contribution in [0.4, 0.5) is 0 Å². The number of piperidine rings is 1. The van der Waals surface area contributed by atoms with Crippen LogP contribution in [0.15, 0.2) is 0 Å². The normalized spacial score (nSPS) is 42.5. The summed E-state index contributed by atoms with van der Waals surface area (Å²) in [6.07, 6.45) is 10.2. The molecule has 1 aliphatic carbocycles. The Hall–Kier alpha value is -0.0400. The molecule has 2 rings (SSSR count). The number of rotatable bonds is 0. The lowest BCUT2D eigenvalue weighted by Gasteiger charge is -2.49. The third-order valence-corrected chi connectivity index (χ3v) is 4.26. The van der Waals surface area contributed by atoms with Crippen molar-refractivity contribution in [3.8, 4) is 0 Å². The first-order valence-electron chi connectivity index (χ1n) is 5.94. The van der Waals surface area contributed by atoms with Gasteiger partial charge >= 0.3 is 0 Å². The second kappa shape index (κ2) is 3.61. The standard InChI is InChI=1S/C12H23N/c1-11-6-5-8-12(10-11)7-3-4-9-13(12)2/h11H,3-10H2,1-2H3. The highest BCUT2D eigenvalue weighted by molar-refractivity contribution is 4.95. The zero-order chi connectivity index (χ0) is 9.31. The highest BCUT2D eigenvalue weighted by Crippen LogP contribution is 2.41. The Kier molecular flexibility index (Phi) is 2.64. The van der Waals surface area contributed by atoms with Gasteiger partial charge in [0.2, 0.25) is 0 Å². The molecule has 2 atom stereocenters. The quantitative estimate of drug-likeness (QED) is 0.555. The first-order valence-corrected chi connectivity index (χ1v) is 5.94. The predicted octanol–water partition coefficient (Wildman–Crippen LogP) is 3.05. The topological polar surface area (TPSA) is 3.24 Å². The summed E-state index contributed by atoms with van der Waals surface area (Å²) in [5, 5.41) is 0. The van der Waals surface area contributed by atoms with Crippen LogP contribution in [0.2, 0.25) is 0 Å². The van der Waals surface area contributed by atoms with Crippen molar-refractivity contribution in [2.24, 2.45) is 5.92 Å². The van der Waals surface area contributed by atoms with Gasteiger partial charge in [0.1, 0.15) is 0 Å². The van der Waals surface area contributed by atoms with Crippen molar-refractivity contribution in [1.29, 1.82) is 0 Å². The van der Waals surface area contributed by atoms with Gasteiger partial charge in [0.05, 0.1) is 0 Å². The molecule has 0 aromatic carbocycles. The minimum Gasteiger partial charge on any atom is -0.301 e. The molecule has 0 aromatic rings. The summed E-state index contributed by atoms with van der Waals surface area (Å²) in [7, 11) is 2.34. The Morgan fingerprint density at radius 2 is 1.92 bits per heavy atom. The molecule has 1 heterocycles. The van der Waals surface area contributed by atoms with Gasteiger partial charge < -0.3 is 4.90 Å². The van der Waals surface area contributed by atoms with Crippen LogP contribution in [-0.2, 0) is 0 Å². The van der Waals surface area contributed by atoms with E-state index in [2.05, 4.69) is 18.9 Å². The first-order chi connectivity index (χ1) is 6.23. The second-order valence-electron chi connectivity index (χ2n) is 5.30. The highest BCUT2D eigenvalue weighted by atomic mass is 15.2. The van der Waals surface area contributed by atoms with Crippen molar-refractivity contribution < 1.29 is 0 Å². The third-order valence-electron chi connectivity index (χ3n) is 4.26. The molecule has 1 aliphatic heterocycles. The third kappa shape index (κ3) is 1.76. The van der Waals surface area contributed by atoms with Crippen LogP contribution in [0.1, 0.15) is 51.9 Å². The van der Waals surface area contributed by atoms with Gasteiger partial charge in [0.15, 0.2) is 0 Å². The van der Waals surface area contributed by atoms with Gasteiger partial charge in [0, 0.05) is 5.54 Å². The van der Waals surface area contributed by atoms with Gasteiger partial charge in [-0.25, -0.2) is 0 Å². The summed E-state index contributed by atoms with van der Waals surface area (Å²) in [5.41, 5.74) is 0.621. The fourth-order valence-electron chi connectivity index (χ4n) is 3.44. The highest BCUT2D eigenvalue weighted by Gasteiger charge is 2.39. The van der Waals surface area contributed by atoms with Gasteiger partial charge in [-0.1, -0.05) is 26.2 Å². The van der Waals surface area contributed by atoms with E-state index in [4.69, 9.17) is 0 Å². The van der Waals surface area contributed by atoms with Crippen LogP contribution in [0, 0.1) is 5.92 Å². The maximum atomic E-state index is 2.66. The summed E-state index contributed by atoms with van der Waals surface area (Å²) >= 11 is 0. The van der Waals surface area contributed by atoms with Crippen molar-refractivity contribution in [3.05, 3.63) is 0 Å². The number of hydrogen-bond donors (Lipinski definition) is 0. The summed E-state index contributed by atoms with van der Waals surface area (Å²) in [4.78, 5) is 2.66. The summed E-state index contributed by atoms with van der Waals surface area (Å²) < 4.78 is 0. The fraction of sp³-hybridized carbons (Fsp3) is 1.00. The van der Waals surface area contributed by atoms with E-state index in [-0.39, 0.29) is 0 Å². The Labute approximate surface area is 82.5 Å². The molecule has 0 N–H and O–H groups in total. The molecule has 76 valence electrons.